The second-order valence-electron chi connectivity index (χ2n) is 6.62. The van der Waals surface area contributed by atoms with E-state index in [1.807, 2.05) is 30.7 Å². The number of thiazole rings is 1. The molecule has 1 aromatic carbocycles. The molecule has 1 unspecified atom stereocenters. The predicted molar refractivity (Wildman–Crippen MR) is 112 cm³/mol. The lowest BCUT2D eigenvalue weighted by Crippen LogP contribution is -2.40. The van der Waals surface area contributed by atoms with Crippen LogP contribution in [0.5, 0.6) is 0 Å². The highest BCUT2D eigenvalue weighted by atomic mass is 35.5. The third kappa shape index (κ3) is 3.25. The molecule has 0 N–H and O–H groups in total. The fourth-order valence-electron chi connectivity index (χ4n) is 3.48. The van der Waals surface area contributed by atoms with Crippen molar-refractivity contribution in [3.8, 4) is 0 Å². The first-order valence-electron chi connectivity index (χ1n) is 8.69. The van der Waals surface area contributed by atoms with Crippen LogP contribution in [0.15, 0.2) is 38.8 Å². The normalized spacial score (nSPS) is 19.0. The summed E-state index contributed by atoms with van der Waals surface area (Å²) < 4.78 is 30.1. The fraction of sp³-hybridized carbons (Fsp3) is 0.333. The molecule has 0 aliphatic carbocycles. The number of benzene rings is 1. The fourth-order valence-corrected chi connectivity index (χ4v) is 7.49. The first kappa shape index (κ1) is 19.8. The molecular weight excluding hydrogens is 438 g/mol. The average Bonchev–Trinajstić information content (AvgIpc) is 3.39. The van der Waals surface area contributed by atoms with E-state index in [0.717, 1.165) is 27.1 Å². The van der Waals surface area contributed by atoms with Crippen LogP contribution < -0.4 is 4.80 Å². The molecule has 6 nitrogen and oxygen atoms in total. The molecule has 1 amide bonds. The van der Waals surface area contributed by atoms with E-state index in [1.54, 1.807) is 17.5 Å². The first-order chi connectivity index (χ1) is 13.3. The smallest absolute Gasteiger partial charge is 0.266 e. The summed E-state index contributed by atoms with van der Waals surface area (Å²) in [6.07, 6.45) is 1.12. The van der Waals surface area contributed by atoms with Crippen molar-refractivity contribution >= 4 is 60.4 Å². The Kier molecular flexibility index (Phi) is 5.22. The Morgan fingerprint density at radius 2 is 2.11 bits per heavy atom. The van der Waals surface area contributed by atoms with Gasteiger partial charge in [0.2, 0.25) is 0 Å². The molecular formula is C18H18ClN3O3S3. The summed E-state index contributed by atoms with van der Waals surface area (Å²) in [5.74, 6) is -0.427. The van der Waals surface area contributed by atoms with Gasteiger partial charge in [0, 0.05) is 18.6 Å². The van der Waals surface area contributed by atoms with Crippen molar-refractivity contribution in [2.24, 2.45) is 12.0 Å². The summed E-state index contributed by atoms with van der Waals surface area (Å²) in [5.41, 5.74) is 1.85. The lowest BCUT2D eigenvalue weighted by Gasteiger charge is -2.20. The Hall–Kier alpha value is -1.52. The third-order valence-electron chi connectivity index (χ3n) is 4.90. The highest BCUT2D eigenvalue weighted by Gasteiger charge is 2.39. The molecule has 1 atom stereocenters. The molecule has 2 aromatic heterocycles. The van der Waals surface area contributed by atoms with Gasteiger partial charge in [0.05, 0.1) is 10.2 Å². The Labute approximate surface area is 175 Å². The maximum absolute atomic E-state index is 12.9. The molecule has 1 saturated heterocycles. The maximum atomic E-state index is 12.9. The SMILES string of the molecule is Cc1c(Cl)ccc2sc(=NC(=O)C3CCCN3S(=O)(=O)c3cccs3)n(C)c12. The number of hydrogen-bond acceptors (Lipinski definition) is 5. The van der Waals surface area contributed by atoms with Gasteiger partial charge < -0.3 is 4.57 Å². The van der Waals surface area contributed by atoms with E-state index in [4.69, 9.17) is 11.6 Å². The van der Waals surface area contributed by atoms with Gasteiger partial charge in [-0.15, -0.1) is 11.3 Å². The van der Waals surface area contributed by atoms with Gasteiger partial charge in [0.1, 0.15) is 10.3 Å². The number of sulfonamides is 1. The lowest BCUT2D eigenvalue weighted by molar-refractivity contribution is -0.121. The summed E-state index contributed by atoms with van der Waals surface area (Å²) in [6, 6.07) is 6.23. The first-order valence-corrected chi connectivity index (χ1v) is 12.2. The summed E-state index contributed by atoms with van der Waals surface area (Å²) in [4.78, 5) is 17.7. The van der Waals surface area contributed by atoms with Gasteiger partial charge in [-0.25, -0.2) is 8.42 Å². The summed E-state index contributed by atoms with van der Waals surface area (Å²) in [7, 11) is -1.84. The van der Waals surface area contributed by atoms with Crippen molar-refractivity contribution in [3.63, 3.8) is 0 Å². The van der Waals surface area contributed by atoms with E-state index in [-0.39, 0.29) is 4.21 Å². The maximum Gasteiger partial charge on any atom is 0.266 e. The minimum atomic E-state index is -3.68. The number of fused-ring (bicyclic) bond motifs is 1. The molecule has 10 heteroatoms. The summed E-state index contributed by atoms with van der Waals surface area (Å²) in [6.45, 7) is 2.26. The zero-order chi connectivity index (χ0) is 20.1. The minimum Gasteiger partial charge on any atom is -0.319 e. The molecule has 1 aliphatic heterocycles. The van der Waals surface area contributed by atoms with Crippen molar-refractivity contribution in [2.45, 2.75) is 30.0 Å². The molecule has 28 heavy (non-hydrogen) atoms. The van der Waals surface area contributed by atoms with E-state index in [1.165, 1.54) is 15.6 Å². The zero-order valence-electron chi connectivity index (χ0n) is 15.3. The Bertz CT molecular complexity index is 1230. The topological polar surface area (TPSA) is 71.7 Å². The van der Waals surface area contributed by atoms with Crippen molar-refractivity contribution in [2.75, 3.05) is 6.54 Å². The minimum absolute atomic E-state index is 0.255. The number of thiophene rings is 1. The Morgan fingerprint density at radius 1 is 1.32 bits per heavy atom. The van der Waals surface area contributed by atoms with Crippen LogP contribution in [0, 0.1) is 6.92 Å². The van der Waals surface area contributed by atoms with Crippen LogP contribution in [0.1, 0.15) is 18.4 Å². The monoisotopic (exact) mass is 455 g/mol. The Morgan fingerprint density at radius 3 is 2.82 bits per heavy atom. The highest BCUT2D eigenvalue weighted by molar-refractivity contribution is 7.91. The number of carbonyl (C=O) groups excluding carboxylic acids is 1. The number of amides is 1. The van der Waals surface area contributed by atoms with Crippen LogP contribution >= 0.6 is 34.3 Å². The van der Waals surface area contributed by atoms with E-state index in [2.05, 4.69) is 4.99 Å². The molecule has 0 bridgehead atoms. The molecule has 0 radical (unpaired) electrons. The number of rotatable bonds is 3. The molecule has 1 fully saturated rings. The molecule has 148 valence electrons. The second kappa shape index (κ2) is 7.38. The van der Waals surface area contributed by atoms with Crippen LogP contribution in [0.4, 0.5) is 0 Å². The molecule has 1 aliphatic rings. The number of halogens is 1. The van der Waals surface area contributed by atoms with Gasteiger partial charge in [0.25, 0.3) is 15.9 Å². The Balaban J connectivity index is 1.73. The molecule has 0 spiro atoms. The largest absolute Gasteiger partial charge is 0.319 e. The van der Waals surface area contributed by atoms with Crippen LogP contribution in [-0.4, -0.2) is 35.8 Å². The molecule has 4 rings (SSSR count). The zero-order valence-corrected chi connectivity index (χ0v) is 18.5. The van der Waals surface area contributed by atoms with E-state index < -0.39 is 22.0 Å². The average molecular weight is 456 g/mol. The quantitative estimate of drug-likeness (QED) is 0.606. The number of aryl methyl sites for hydroxylation is 2. The summed E-state index contributed by atoms with van der Waals surface area (Å²) in [5, 5.41) is 2.37. The van der Waals surface area contributed by atoms with Crippen LogP contribution in [0.3, 0.4) is 0 Å². The molecule has 0 saturated carbocycles. The van der Waals surface area contributed by atoms with Crippen LogP contribution in [0.2, 0.25) is 5.02 Å². The van der Waals surface area contributed by atoms with E-state index in [9.17, 15) is 13.2 Å². The standard InChI is InChI=1S/C18H18ClN3O3S3/c1-11-12(19)7-8-14-16(11)21(2)18(27-14)20-17(23)13-5-3-9-22(13)28(24,25)15-6-4-10-26-15/h4,6-8,10,13H,3,5,9H2,1-2H3. The van der Waals surface area contributed by atoms with Crippen molar-refractivity contribution in [1.82, 2.24) is 8.87 Å². The van der Waals surface area contributed by atoms with Gasteiger partial charge in [-0.3, -0.25) is 4.79 Å². The number of nitrogens with zero attached hydrogens (tertiary/aromatic N) is 3. The molecule has 3 aromatic rings. The lowest BCUT2D eigenvalue weighted by atomic mass is 10.2. The van der Waals surface area contributed by atoms with Gasteiger partial charge >= 0.3 is 0 Å². The van der Waals surface area contributed by atoms with Crippen LogP contribution in [0.25, 0.3) is 10.2 Å². The van der Waals surface area contributed by atoms with Crippen molar-refractivity contribution in [1.29, 1.82) is 0 Å². The van der Waals surface area contributed by atoms with E-state index in [0.29, 0.717) is 29.2 Å². The predicted octanol–water partition coefficient (Wildman–Crippen LogP) is 3.54. The number of hydrogen-bond donors (Lipinski definition) is 0. The van der Waals surface area contributed by atoms with Gasteiger partial charge in [-0.1, -0.05) is 29.0 Å². The van der Waals surface area contributed by atoms with Gasteiger partial charge in [-0.05, 0) is 48.9 Å². The van der Waals surface area contributed by atoms with Crippen molar-refractivity contribution < 1.29 is 13.2 Å². The summed E-state index contributed by atoms with van der Waals surface area (Å²) >= 11 is 8.77. The third-order valence-corrected chi connectivity index (χ3v) is 9.69. The second-order valence-corrected chi connectivity index (χ2v) is 11.1. The van der Waals surface area contributed by atoms with E-state index >= 15 is 0 Å². The van der Waals surface area contributed by atoms with Crippen LogP contribution in [-0.2, 0) is 21.9 Å². The van der Waals surface area contributed by atoms with Gasteiger partial charge in [-0.2, -0.15) is 9.30 Å². The number of carbonyl (C=O) groups is 1. The number of aromatic nitrogens is 1. The molecule has 3 heterocycles. The van der Waals surface area contributed by atoms with Crippen molar-refractivity contribution in [3.05, 3.63) is 45.0 Å². The highest BCUT2D eigenvalue weighted by Crippen LogP contribution is 2.30. The van der Waals surface area contributed by atoms with Gasteiger partial charge in [0.15, 0.2) is 4.80 Å².